The first-order valence-electron chi connectivity index (χ1n) is 5.45. The van der Waals surface area contributed by atoms with Crippen LogP contribution in [-0.2, 0) is 0 Å². The third-order valence-electron chi connectivity index (χ3n) is 3.51. The molecule has 74 valence electrons. The Kier molecular flexibility index (Phi) is 3.00. The van der Waals surface area contributed by atoms with Crippen molar-refractivity contribution >= 4 is 0 Å². The zero-order valence-electron chi connectivity index (χ0n) is 9.65. The van der Waals surface area contributed by atoms with E-state index in [4.69, 9.17) is 0 Å². The second-order valence-electron chi connectivity index (χ2n) is 4.60. The lowest BCUT2D eigenvalue weighted by Crippen LogP contribution is -2.18. The quantitative estimate of drug-likeness (QED) is 0.603. The van der Waals surface area contributed by atoms with Crippen LogP contribution >= 0.6 is 0 Å². The minimum Gasteiger partial charge on any atom is -0.0648 e. The van der Waals surface area contributed by atoms with Crippen molar-refractivity contribution in [1.82, 2.24) is 0 Å². The van der Waals surface area contributed by atoms with Crippen LogP contribution in [0.15, 0.2) is 23.3 Å². The van der Waals surface area contributed by atoms with Gasteiger partial charge in [-0.3, -0.25) is 0 Å². The summed E-state index contributed by atoms with van der Waals surface area (Å²) in [4.78, 5) is 0. The first-order chi connectivity index (χ1) is 6.04. The largest absolute Gasteiger partial charge is 0.0648 e. The molecule has 0 aliphatic heterocycles. The summed E-state index contributed by atoms with van der Waals surface area (Å²) in [5, 5.41) is 0. The second kappa shape index (κ2) is 3.69. The van der Waals surface area contributed by atoms with Gasteiger partial charge in [0.1, 0.15) is 0 Å². The molecule has 0 radical (unpaired) electrons. The summed E-state index contributed by atoms with van der Waals surface area (Å²) in [6.07, 6.45) is 7.10. The number of allylic oxidation sites excluding steroid dienone is 4. The van der Waals surface area contributed by atoms with Crippen molar-refractivity contribution in [3.8, 4) is 0 Å². The Hall–Kier alpha value is -0.520. The van der Waals surface area contributed by atoms with Gasteiger partial charge in [0.25, 0.3) is 0 Å². The number of hydrogen-bond acceptors (Lipinski definition) is 0. The van der Waals surface area contributed by atoms with Crippen LogP contribution in [-0.4, -0.2) is 0 Å². The Balaban J connectivity index is 2.85. The van der Waals surface area contributed by atoms with E-state index in [2.05, 4.69) is 46.8 Å². The summed E-state index contributed by atoms with van der Waals surface area (Å²) in [5.74, 6) is 0.732. The van der Waals surface area contributed by atoms with Crippen molar-refractivity contribution in [2.24, 2.45) is 11.3 Å². The first kappa shape index (κ1) is 10.6. The Morgan fingerprint density at radius 3 is 2.23 bits per heavy atom. The van der Waals surface area contributed by atoms with E-state index in [1.165, 1.54) is 12.8 Å². The normalized spacial score (nSPS) is 22.5. The van der Waals surface area contributed by atoms with Crippen molar-refractivity contribution in [1.29, 1.82) is 0 Å². The molecule has 0 saturated heterocycles. The standard InChI is InChI=1S/C13H22/c1-6-10(3)12-9-8-11(7-2)13(12,4)5/h8-10H,6-7H2,1-5H3. The molecule has 0 amide bonds. The van der Waals surface area contributed by atoms with E-state index in [0.29, 0.717) is 5.41 Å². The van der Waals surface area contributed by atoms with Crippen molar-refractivity contribution in [2.75, 3.05) is 0 Å². The monoisotopic (exact) mass is 178 g/mol. The van der Waals surface area contributed by atoms with E-state index < -0.39 is 0 Å². The third kappa shape index (κ3) is 1.72. The number of rotatable bonds is 3. The second-order valence-corrected chi connectivity index (χ2v) is 4.60. The van der Waals surface area contributed by atoms with E-state index in [0.717, 1.165) is 5.92 Å². The Morgan fingerprint density at radius 1 is 1.23 bits per heavy atom. The Morgan fingerprint density at radius 2 is 1.85 bits per heavy atom. The van der Waals surface area contributed by atoms with Gasteiger partial charge in [0.15, 0.2) is 0 Å². The maximum absolute atomic E-state index is 2.35. The van der Waals surface area contributed by atoms with Gasteiger partial charge in [-0.25, -0.2) is 0 Å². The minimum absolute atomic E-state index is 0.324. The van der Waals surface area contributed by atoms with Gasteiger partial charge in [0, 0.05) is 5.41 Å². The summed E-state index contributed by atoms with van der Waals surface area (Å²) >= 11 is 0. The van der Waals surface area contributed by atoms with Crippen LogP contribution in [0.2, 0.25) is 0 Å². The molecule has 13 heavy (non-hydrogen) atoms. The Bertz CT molecular complexity index is 241. The smallest absolute Gasteiger partial charge is 0.00728 e. The molecule has 0 spiro atoms. The van der Waals surface area contributed by atoms with E-state index in [9.17, 15) is 0 Å². The predicted octanol–water partition coefficient (Wildman–Crippen LogP) is 4.34. The molecule has 0 heterocycles. The van der Waals surface area contributed by atoms with E-state index in [1.807, 2.05) is 0 Å². The predicted molar refractivity (Wildman–Crippen MR) is 59.7 cm³/mol. The molecule has 0 N–H and O–H groups in total. The molecule has 0 aromatic rings. The van der Waals surface area contributed by atoms with Gasteiger partial charge in [-0.15, -0.1) is 0 Å². The molecule has 1 atom stereocenters. The summed E-state index contributed by atoms with van der Waals surface area (Å²) in [6, 6.07) is 0. The number of hydrogen-bond donors (Lipinski definition) is 0. The van der Waals surface area contributed by atoms with Crippen molar-refractivity contribution in [3.05, 3.63) is 23.3 Å². The molecule has 0 heteroatoms. The van der Waals surface area contributed by atoms with E-state index >= 15 is 0 Å². The van der Waals surface area contributed by atoms with Crippen molar-refractivity contribution < 1.29 is 0 Å². The van der Waals surface area contributed by atoms with Gasteiger partial charge in [0.05, 0.1) is 0 Å². The molecule has 0 bridgehead atoms. The van der Waals surface area contributed by atoms with E-state index in [-0.39, 0.29) is 0 Å². The van der Waals surface area contributed by atoms with Crippen LogP contribution in [0.3, 0.4) is 0 Å². The van der Waals surface area contributed by atoms with Crippen LogP contribution in [0.5, 0.6) is 0 Å². The maximum Gasteiger partial charge on any atom is 0.00728 e. The first-order valence-corrected chi connectivity index (χ1v) is 5.45. The van der Waals surface area contributed by atoms with Gasteiger partial charge in [0.2, 0.25) is 0 Å². The molecular formula is C13H22. The zero-order chi connectivity index (χ0) is 10.1. The summed E-state index contributed by atoms with van der Waals surface area (Å²) in [5.41, 5.74) is 3.53. The fourth-order valence-electron chi connectivity index (χ4n) is 2.35. The van der Waals surface area contributed by atoms with Crippen LogP contribution < -0.4 is 0 Å². The molecule has 0 aromatic heterocycles. The highest BCUT2D eigenvalue weighted by Gasteiger charge is 2.31. The molecule has 0 nitrogen and oxygen atoms in total. The van der Waals surface area contributed by atoms with Crippen molar-refractivity contribution in [2.45, 2.75) is 47.5 Å². The van der Waals surface area contributed by atoms with Gasteiger partial charge in [-0.2, -0.15) is 0 Å². The molecule has 1 aliphatic carbocycles. The third-order valence-corrected chi connectivity index (χ3v) is 3.51. The average Bonchev–Trinajstić information content (AvgIpc) is 2.39. The van der Waals surface area contributed by atoms with Gasteiger partial charge < -0.3 is 0 Å². The van der Waals surface area contributed by atoms with Crippen molar-refractivity contribution in [3.63, 3.8) is 0 Å². The summed E-state index contributed by atoms with van der Waals surface area (Å²) in [7, 11) is 0. The lowest BCUT2D eigenvalue weighted by Gasteiger charge is -2.30. The van der Waals surface area contributed by atoms with Gasteiger partial charge >= 0.3 is 0 Å². The average molecular weight is 178 g/mol. The highest BCUT2D eigenvalue weighted by molar-refractivity contribution is 5.40. The van der Waals surface area contributed by atoms with Gasteiger partial charge in [-0.1, -0.05) is 57.9 Å². The van der Waals surface area contributed by atoms with Crippen LogP contribution in [0.1, 0.15) is 47.5 Å². The molecular weight excluding hydrogens is 156 g/mol. The fourth-order valence-corrected chi connectivity index (χ4v) is 2.35. The fraction of sp³-hybridized carbons (Fsp3) is 0.692. The molecule has 1 rings (SSSR count). The molecule has 1 aliphatic rings. The maximum atomic E-state index is 2.35. The molecule has 0 aromatic carbocycles. The topological polar surface area (TPSA) is 0 Å². The highest BCUT2D eigenvalue weighted by Crippen LogP contribution is 2.44. The molecule has 1 unspecified atom stereocenters. The van der Waals surface area contributed by atoms with Crippen LogP contribution in [0, 0.1) is 11.3 Å². The SMILES string of the molecule is CCC1=CC=C(C(C)CC)C1(C)C. The molecule has 0 saturated carbocycles. The van der Waals surface area contributed by atoms with Gasteiger partial charge in [-0.05, 0) is 18.8 Å². The van der Waals surface area contributed by atoms with E-state index in [1.54, 1.807) is 11.1 Å². The zero-order valence-corrected chi connectivity index (χ0v) is 9.65. The summed E-state index contributed by atoms with van der Waals surface area (Å²) in [6.45, 7) is 11.6. The highest BCUT2D eigenvalue weighted by atomic mass is 14.4. The minimum atomic E-state index is 0.324. The summed E-state index contributed by atoms with van der Waals surface area (Å²) < 4.78 is 0. The van der Waals surface area contributed by atoms with Crippen LogP contribution in [0.25, 0.3) is 0 Å². The Labute approximate surface area is 82.7 Å². The van der Waals surface area contributed by atoms with Crippen LogP contribution in [0.4, 0.5) is 0 Å². The lowest BCUT2D eigenvalue weighted by atomic mass is 9.74. The lowest BCUT2D eigenvalue weighted by molar-refractivity contribution is 0.455. The molecule has 0 fully saturated rings.